The summed E-state index contributed by atoms with van der Waals surface area (Å²) in [6, 6.07) is 7.45. The van der Waals surface area contributed by atoms with Gasteiger partial charge in [0.2, 0.25) is 11.8 Å². The average Bonchev–Trinajstić information content (AvgIpc) is 3.03. The van der Waals surface area contributed by atoms with Gasteiger partial charge in [-0.1, -0.05) is 17.7 Å². The van der Waals surface area contributed by atoms with Crippen LogP contribution in [-0.2, 0) is 9.59 Å². The van der Waals surface area contributed by atoms with E-state index in [2.05, 4.69) is 25.7 Å². The minimum absolute atomic E-state index is 0.247. The Morgan fingerprint density at radius 1 is 1.20 bits per heavy atom. The normalized spacial score (nSPS) is 17.6. The minimum atomic E-state index is -0.501. The molecule has 1 aliphatic rings. The molecular weight excluding hydrogens is 320 g/mol. The molecule has 8 nitrogen and oxygen atoms in total. The van der Waals surface area contributed by atoms with Gasteiger partial charge >= 0.3 is 0 Å². The van der Waals surface area contributed by atoms with Crippen LogP contribution in [0.5, 0.6) is 0 Å². The molecule has 4 rings (SSSR count). The van der Waals surface area contributed by atoms with Crippen LogP contribution in [0.15, 0.2) is 36.8 Å². The number of amides is 2. The van der Waals surface area contributed by atoms with Gasteiger partial charge in [0.15, 0.2) is 5.65 Å². The van der Waals surface area contributed by atoms with Gasteiger partial charge in [0.25, 0.3) is 0 Å². The zero-order valence-corrected chi connectivity index (χ0v) is 13.6. The van der Waals surface area contributed by atoms with Crippen LogP contribution in [-0.4, -0.2) is 37.6 Å². The number of imide groups is 1. The molecule has 25 heavy (non-hydrogen) atoms. The number of hydrogen-bond acceptors (Lipinski definition) is 6. The Morgan fingerprint density at radius 2 is 2.00 bits per heavy atom. The number of carbonyl (C=O) groups excluding carboxylic acids is 2. The number of aromatic nitrogens is 4. The Balaban J connectivity index is 1.68. The number of benzene rings is 1. The second-order valence-electron chi connectivity index (χ2n) is 6.00. The van der Waals surface area contributed by atoms with Crippen molar-refractivity contribution in [3.8, 4) is 5.69 Å². The van der Waals surface area contributed by atoms with E-state index in [0.717, 1.165) is 11.3 Å². The molecule has 2 N–H and O–H groups in total. The lowest BCUT2D eigenvalue weighted by Crippen LogP contribution is -2.47. The number of nitrogens with zero attached hydrogens (tertiary/aromatic N) is 4. The number of piperidine rings is 1. The molecular formula is C17H16N6O2. The lowest BCUT2D eigenvalue weighted by atomic mass is 10.1. The van der Waals surface area contributed by atoms with Gasteiger partial charge in [-0.05, 0) is 25.5 Å². The first-order valence-corrected chi connectivity index (χ1v) is 7.98. The number of aryl methyl sites for hydroxylation is 1. The maximum absolute atomic E-state index is 11.9. The maximum Gasteiger partial charge on any atom is 0.249 e. The molecule has 0 spiro atoms. The predicted octanol–water partition coefficient (Wildman–Crippen LogP) is 1.34. The highest BCUT2D eigenvalue weighted by molar-refractivity contribution is 6.02. The number of fused-ring (bicyclic) bond motifs is 1. The predicted molar refractivity (Wildman–Crippen MR) is 91.2 cm³/mol. The van der Waals surface area contributed by atoms with Crippen LogP contribution in [0.2, 0.25) is 0 Å². The number of nitrogens with one attached hydrogen (secondary N) is 2. The van der Waals surface area contributed by atoms with Crippen LogP contribution >= 0.6 is 0 Å². The van der Waals surface area contributed by atoms with Gasteiger partial charge in [-0.25, -0.2) is 14.6 Å². The first-order chi connectivity index (χ1) is 12.1. The fraction of sp³-hybridized carbons (Fsp3) is 0.235. The van der Waals surface area contributed by atoms with Crippen LogP contribution in [0, 0.1) is 6.92 Å². The van der Waals surface area contributed by atoms with E-state index in [1.165, 1.54) is 6.33 Å². The van der Waals surface area contributed by atoms with Crippen LogP contribution < -0.4 is 10.6 Å². The van der Waals surface area contributed by atoms with E-state index in [9.17, 15) is 9.59 Å². The third-order valence-corrected chi connectivity index (χ3v) is 4.19. The molecule has 1 saturated heterocycles. The van der Waals surface area contributed by atoms with E-state index in [4.69, 9.17) is 0 Å². The summed E-state index contributed by atoms with van der Waals surface area (Å²) in [7, 11) is 0. The van der Waals surface area contributed by atoms with Crippen LogP contribution in [0.4, 0.5) is 5.82 Å². The maximum atomic E-state index is 11.9. The minimum Gasteiger partial charge on any atom is -0.358 e. The average molecular weight is 336 g/mol. The first-order valence-electron chi connectivity index (χ1n) is 7.98. The van der Waals surface area contributed by atoms with Crippen molar-refractivity contribution in [3.63, 3.8) is 0 Å². The van der Waals surface area contributed by atoms with Crippen molar-refractivity contribution in [2.24, 2.45) is 0 Å². The molecule has 1 atom stereocenters. The molecule has 1 aromatic carbocycles. The van der Waals surface area contributed by atoms with Gasteiger partial charge in [0.05, 0.1) is 17.3 Å². The Bertz CT molecular complexity index is 963. The number of carbonyl (C=O) groups is 2. The van der Waals surface area contributed by atoms with Crippen LogP contribution in [0.3, 0.4) is 0 Å². The third-order valence-electron chi connectivity index (χ3n) is 4.19. The lowest BCUT2D eigenvalue weighted by Gasteiger charge is -2.22. The zero-order chi connectivity index (χ0) is 17.4. The van der Waals surface area contributed by atoms with Crippen molar-refractivity contribution in [1.82, 2.24) is 25.1 Å². The topological polar surface area (TPSA) is 102 Å². The summed E-state index contributed by atoms with van der Waals surface area (Å²) in [6.45, 7) is 2.02. The van der Waals surface area contributed by atoms with Crippen LogP contribution in [0.25, 0.3) is 16.7 Å². The fourth-order valence-electron chi connectivity index (χ4n) is 2.83. The highest BCUT2D eigenvalue weighted by atomic mass is 16.2. The quantitative estimate of drug-likeness (QED) is 0.700. The van der Waals surface area contributed by atoms with Crippen molar-refractivity contribution in [1.29, 1.82) is 0 Å². The standard InChI is InChI=1S/C17H16N6O2/c1-10-2-4-11(5-3-10)23-16-12(8-20-23)15(18-9-19-16)21-13-6-7-14(24)22-17(13)25/h2-5,8-9,13H,6-7H2,1H3,(H,18,19,21)(H,22,24,25). The number of rotatable bonds is 3. The van der Waals surface area contributed by atoms with E-state index in [1.54, 1.807) is 10.9 Å². The first kappa shape index (κ1) is 15.3. The smallest absolute Gasteiger partial charge is 0.249 e. The molecule has 1 unspecified atom stereocenters. The van der Waals surface area contributed by atoms with Crippen molar-refractivity contribution in [2.45, 2.75) is 25.8 Å². The molecule has 2 amide bonds. The highest BCUT2D eigenvalue weighted by Crippen LogP contribution is 2.23. The van der Waals surface area contributed by atoms with E-state index in [1.807, 2.05) is 31.2 Å². The Kier molecular flexibility index (Phi) is 3.64. The van der Waals surface area contributed by atoms with Crippen LogP contribution in [0.1, 0.15) is 18.4 Å². The largest absolute Gasteiger partial charge is 0.358 e. The van der Waals surface area contributed by atoms with Crippen molar-refractivity contribution in [3.05, 3.63) is 42.4 Å². The molecule has 0 bridgehead atoms. The summed E-state index contributed by atoms with van der Waals surface area (Å²) in [4.78, 5) is 31.8. The van der Waals surface area contributed by atoms with Gasteiger partial charge in [-0.2, -0.15) is 5.10 Å². The van der Waals surface area contributed by atoms with E-state index in [0.29, 0.717) is 29.7 Å². The third kappa shape index (κ3) is 2.82. The molecule has 0 saturated carbocycles. The summed E-state index contributed by atoms with van der Waals surface area (Å²) in [5, 5.41) is 10.5. The molecule has 3 aromatic rings. The molecule has 3 heterocycles. The molecule has 0 aliphatic carbocycles. The SMILES string of the molecule is Cc1ccc(-n2ncc3c(NC4CCC(=O)NC4=O)ncnc32)cc1. The van der Waals surface area contributed by atoms with Crippen molar-refractivity contribution < 1.29 is 9.59 Å². The molecule has 0 radical (unpaired) electrons. The Morgan fingerprint density at radius 3 is 2.76 bits per heavy atom. The van der Waals surface area contributed by atoms with Gasteiger partial charge in [0.1, 0.15) is 18.2 Å². The van der Waals surface area contributed by atoms with Gasteiger partial charge in [-0.15, -0.1) is 0 Å². The zero-order valence-electron chi connectivity index (χ0n) is 13.6. The van der Waals surface area contributed by atoms with Crippen molar-refractivity contribution in [2.75, 3.05) is 5.32 Å². The monoisotopic (exact) mass is 336 g/mol. The Labute approximate surface area is 143 Å². The van der Waals surface area contributed by atoms with Crippen molar-refractivity contribution >= 4 is 28.7 Å². The van der Waals surface area contributed by atoms with E-state index >= 15 is 0 Å². The second-order valence-corrected chi connectivity index (χ2v) is 6.00. The highest BCUT2D eigenvalue weighted by Gasteiger charge is 2.27. The lowest BCUT2D eigenvalue weighted by molar-refractivity contribution is -0.133. The fourth-order valence-corrected chi connectivity index (χ4v) is 2.83. The summed E-state index contributed by atoms with van der Waals surface area (Å²) in [6.07, 6.45) is 3.84. The number of anilines is 1. The molecule has 1 fully saturated rings. The molecule has 1 aliphatic heterocycles. The van der Waals surface area contributed by atoms with E-state index in [-0.39, 0.29) is 11.8 Å². The summed E-state index contributed by atoms with van der Waals surface area (Å²) in [5.74, 6) is -0.0603. The molecule has 2 aromatic heterocycles. The molecule has 8 heteroatoms. The summed E-state index contributed by atoms with van der Waals surface area (Å²) in [5.41, 5.74) is 2.70. The van der Waals surface area contributed by atoms with Gasteiger partial charge in [-0.3, -0.25) is 14.9 Å². The van der Waals surface area contributed by atoms with Gasteiger partial charge in [0, 0.05) is 6.42 Å². The van der Waals surface area contributed by atoms with Gasteiger partial charge < -0.3 is 5.32 Å². The summed E-state index contributed by atoms with van der Waals surface area (Å²) >= 11 is 0. The Hall–Kier alpha value is -3.29. The number of hydrogen-bond donors (Lipinski definition) is 2. The summed E-state index contributed by atoms with van der Waals surface area (Å²) < 4.78 is 1.73. The second kappa shape index (κ2) is 5.97. The van der Waals surface area contributed by atoms with E-state index < -0.39 is 6.04 Å². The molecule has 126 valence electrons.